The lowest BCUT2D eigenvalue weighted by molar-refractivity contribution is -0.141. The third-order valence-corrected chi connectivity index (χ3v) is 6.47. The zero-order valence-corrected chi connectivity index (χ0v) is 20.3. The van der Waals surface area contributed by atoms with Gasteiger partial charge < -0.3 is 19.7 Å². The molecule has 1 N–H and O–H groups in total. The Morgan fingerprint density at radius 2 is 1.94 bits per heavy atom. The van der Waals surface area contributed by atoms with E-state index in [4.69, 9.17) is 9.47 Å². The largest absolute Gasteiger partial charge is 0.460 e. The standard InChI is InChI=1S/C26H26FN3O4S/c1-17-23(25(32)34-12-11-33-2)24(19-8-4-3-5-9-19)30-21(16-35-26(30)29-17)14-22(31)28-15-18-7-6-10-20(27)13-18/h3-10,13,16,24H,11-12,14-15H2,1-2H3,(H,28,31)/t24-/m0/s1. The number of fused-ring (bicyclic) bond motifs is 1. The first kappa shape index (κ1) is 24.7. The molecule has 0 saturated heterocycles. The highest BCUT2D eigenvalue weighted by molar-refractivity contribution is 8.16. The maximum absolute atomic E-state index is 13.4. The lowest BCUT2D eigenvalue weighted by Crippen LogP contribution is -2.38. The highest BCUT2D eigenvalue weighted by atomic mass is 32.2. The Bertz CT molecular complexity index is 1200. The zero-order chi connectivity index (χ0) is 24.8. The summed E-state index contributed by atoms with van der Waals surface area (Å²) in [5, 5.41) is 5.41. The third-order valence-electron chi connectivity index (χ3n) is 5.58. The Hall–Kier alpha value is -3.43. The van der Waals surface area contributed by atoms with Gasteiger partial charge in [-0.25, -0.2) is 14.2 Å². The number of esters is 1. The van der Waals surface area contributed by atoms with E-state index in [-0.39, 0.29) is 31.3 Å². The first-order chi connectivity index (χ1) is 17.0. The van der Waals surface area contributed by atoms with E-state index in [0.717, 1.165) is 5.56 Å². The summed E-state index contributed by atoms with van der Waals surface area (Å²) in [4.78, 5) is 32.5. The smallest absolute Gasteiger partial charge is 0.338 e. The molecule has 0 bridgehead atoms. The van der Waals surface area contributed by atoms with Crippen molar-refractivity contribution >= 4 is 28.8 Å². The predicted octanol–water partition coefficient (Wildman–Crippen LogP) is 4.30. The van der Waals surface area contributed by atoms with Gasteiger partial charge in [0.2, 0.25) is 5.91 Å². The van der Waals surface area contributed by atoms with Crippen LogP contribution < -0.4 is 5.32 Å². The maximum Gasteiger partial charge on any atom is 0.338 e. The van der Waals surface area contributed by atoms with Gasteiger partial charge in [0.25, 0.3) is 0 Å². The molecule has 35 heavy (non-hydrogen) atoms. The number of methoxy groups -OCH3 is 1. The van der Waals surface area contributed by atoms with Gasteiger partial charge in [0.15, 0.2) is 5.17 Å². The second-order valence-electron chi connectivity index (χ2n) is 8.02. The molecule has 2 aromatic carbocycles. The van der Waals surface area contributed by atoms with E-state index in [2.05, 4.69) is 10.3 Å². The number of ether oxygens (including phenoxy) is 2. The molecule has 7 nitrogen and oxygen atoms in total. The summed E-state index contributed by atoms with van der Waals surface area (Å²) >= 11 is 1.41. The van der Waals surface area contributed by atoms with Crippen LogP contribution in [0.2, 0.25) is 0 Å². The lowest BCUT2D eigenvalue weighted by atomic mass is 9.94. The maximum atomic E-state index is 13.4. The zero-order valence-electron chi connectivity index (χ0n) is 19.5. The molecule has 182 valence electrons. The van der Waals surface area contributed by atoms with Crippen molar-refractivity contribution in [1.82, 2.24) is 10.2 Å². The molecule has 0 saturated carbocycles. The number of rotatable bonds is 9. The summed E-state index contributed by atoms with van der Waals surface area (Å²) in [6, 6.07) is 15.2. The summed E-state index contributed by atoms with van der Waals surface area (Å²) in [5.74, 6) is -1.04. The van der Waals surface area contributed by atoms with Gasteiger partial charge in [0.05, 0.1) is 30.3 Å². The number of thioether (sulfide) groups is 1. The number of allylic oxidation sites excluding steroid dienone is 1. The number of halogens is 1. The predicted molar refractivity (Wildman–Crippen MR) is 133 cm³/mol. The number of nitrogens with zero attached hydrogens (tertiary/aromatic N) is 2. The van der Waals surface area contributed by atoms with Crippen LogP contribution in [0, 0.1) is 5.82 Å². The van der Waals surface area contributed by atoms with Crippen LogP contribution in [-0.4, -0.2) is 42.3 Å². The molecule has 0 fully saturated rings. The first-order valence-electron chi connectivity index (χ1n) is 11.1. The van der Waals surface area contributed by atoms with Crippen molar-refractivity contribution in [2.75, 3.05) is 20.3 Å². The number of carbonyl (C=O) groups excluding carboxylic acids is 2. The molecule has 2 aliphatic rings. The molecule has 0 radical (unpaired) electrons. The van der Waals surface area contributed by atoms with Gasteiger partial charge in [0.1, 0.15) is 12.4 Å². The normalized spacial score (nSPS) is 17.0. The number of nitrogens with one attached hydrogen (secondary N) is 1. The van der Waals surface area contributed by atoms with Gasteiger partial charge in [-0.1, -0.05) is 54.2 Å². The average Bonchev–Trinajstić information content (AvgIpc) is 3.24. The fourth-order valence-corrected chi connectivity index (χ4v) is 4.92. The number of hydrogen-bond acceptors (Lipinski definition) is 7. The minimum atomic E-state index is -0.490. The van der Waals surface area contributed by atoms with Gasteiger partial charge in [-0.15, -0.1) is 0 Å². The van der Waals surface area contributed by atoms with E-state index in [1.807, 2.05) is 40.6 Å². The van der Waals surface area contributed by atoms with Crippen LogP contribution in [0.1, 0.15) is 30.5 Å². The molecular weight excluding hydrogens is 469 g/mol. The Labute approximate surface area is 207 Å². The summed E-state index contributed by atoms with van der Waals surface area (Å²) in [5.41, 5.74) is 3.27. The van der Waals surface area contributed by atoms with Crippen LogP contribution in [0.3, 0.4) is 0 Å². The van der Waals surface area contributed by atoms with Gasteiger partial charge in [0, 0.05) is 19.4 Å². The lowest BCUT2D eigenvalue weighted by Gasteiger charge is -2.36. The molecule has 4 rings (SSSR count). The van der Waals surface area contributed by atoms with E-state index in [9.17, 15) is 14.0 Å². The molecule has 2 aromatic rings. The summed E-state index contributed by atoms with van der Waals surface area (Å²) < 4.78 is 23.9. The first-order valence-corrected chi connectivity index (χ1v) is 12.0. The van der Waals surface area contributed by atoms with E-state index in [0.29, 0.717) is 34.3 Å². The molecule has 2 aliphatic heterocycles. The van der Waals surface area contributed by atoms with Crippen LogP contribution in [0.25, 0.3) is 0 Å². The number of carbonyl (C=O) groups is 2. The third kappa shape index (κ3) is 5.80. The van der Waals surface area contributed by atoms with Crippen molar-refractivity contribution < 1.29 is 23.5 Å². The Kier molecular flexibility index (Phi) is 7.99. The average molecular weight is 496 g/mol. The minimum absolute atomic E-state index is 0.0791. The number of aliphatic imine (C=N–C) groups is 1. The van der Waals surface area contributed by atoms with Crippen LogP contribution in [0.5, 0.6) is 0 Å². The molecule has 0 aromatic heterocycles. The minimum Gasteiger partial charge on any atom is -0.460 e. The Morgan fingerprint density at radius 3 is 2.69 bits per heavy atom. The van der Waals surface area contributed by atoms with E-state index in [1.54, 1.807) is 26.2 Å². The fourth-order valence-electron chi connectivity index (χ4n) is 3.95. The van der Waals surface area contributed by atoms with Crippen molar-refractivity contribution in [1.29, 1.82) is 0 Å². The molecule has 1 atom stereocenters. The van der Waals surface area contributed by atoms with Crippen LogP contribution in [-0.2, 0) is 25.6 Å². The monoisotopic (exact) mass is 495 g/mol. The highest BCUT2D eigenvalue weighted by Crippen LogP contribution is 2.44. The second-order valence-corrected chi connectivity index (χ2v) is 8.85. The van der Waals surface area contributed by atoms with Gasteiger partial charge >= 0.3 is 5.97 Å². The molecule has 0 unspecified atom stereocenters. The van der Waals surface area contributed by atoms with Crippen molar-refractivity contribution in [3.63, 3.8) is 0 Å². The molecule has 2 heterocycles. The molecule has 0 aliphatic carbocycles. The van der Waals surface area contributed by atoms with Crippen LogP contribution >= 0.6 is 11.8 Å². The summed E-state index contributed by atoms with van der Waals surface area (Å²) in [6.07, 6.45) is 0.0791. The quantitative estimate of drug-likeness (QED) is 0.413. The number of amidine groups is 1. The van der Waals surface area contributed by atoms with E-state index in [1.165, 1.54) is 23.9 Å². The Morgan fingerprint density at radius 1 is 1.14 bits per heavy atom. The van der Waals surface area contributed by atoms with Crippen molar-refractivity contribution in [3.8, 4) is 0 Å². The van der Waals surface area contributed by atoms with Crippen molar-refractivity contribution in [2.24, 2.45) is 4.99 Å². The van der Waals surface area contributed by atoms with Gasteiger partial charge in [-0.05, 0) is 35.6 Å². The SMILES string of the molecule is COCCOC(=O)C1=C(C)N=C2SC=C(CC(=O)NCc3cccc(F)c3)N2[C@H]1c1ccccc1. The molecule has 1 amide bonds. The van der Waals surface area contributed by atoms with Gasteiger partial charge in [-0.2, -0.15) is 0 Å². The van der Waals surface area contributed by atoms with Crippen molar-refractivity contribution in [2.45, 2.75) is 25.9 Å². The molecule has 0 spiro atoms. The number of hydrogen-bond donors (Lipinski definition) is 1. The highest BCUT2D eigenvalue weighted by Gasteiger charge is 2.41. The van der Waals surface area contributed by atoms with Crippen LogP contribution in [0.4, 0.5) is 4.39 Å². The van der Waals surface area contributed by atoms with E-state index >= 15 is 0 Å². The second kappa shape index (κ2) is 11.3. The topological polar surface area (TPSA) is 80.2 Å². The Balaban J connectivity index is 1.56. The summed E-state index contributed by atoms with van der Waals surface area (Å²) in [6.45, 7) is 2.43. The number of amides is 1. The van der Waals surface area contributed by atoms with Crippen LogP contribution in [0.15, 0.2) is 82.0 Å². The molecule has 9 heteroatoms. The van der Waals surface area contributed by atoms with Gasteiger partial charge in [-0.3, -0.25) is 4.79 Å². The molecular formula is C26H26FN3O4S. The fraction of sp³-hybridized carbons (Fsp3) is 0.269. The summed E-state index contributed by atoms with van der Waals surface area (Å²) in [7, 11) is 1.54. The van der Waals surface area contributed by atoms with Crippen molar-refractivity contribution in [3.05, 3.63) is 93.9 Å². The number of benzene rings is 2. The van der Waals surface area contributed by atoms with E-state index < -0.39 is 12.0 Å².